The highest BCUT2D eigenvalue weighted by molar-refractivity contribution is 7.16. The molecule has 1 aromatic carbocycles. The Labute approximate surface area is 120 Å². The molecule has 0 aliphatic carbocycles. The number of likely N-dealkylation sites (N-methyl/N-ethyl adjacent to an activating group) is 1. The lowest BCUT2D eigenvalue weighted by Crippen LogP contribution is -2.29. The zero-order valence-corrected chi connectivity index (χ0v) is 12.1. The van der Waals surface area contributed by atoms with Crippen molar-refractivity contribution in [3.8, 4) is 10.6 Å². The predicted molar refractivity (Wildman–Crippen MR) is 76.3 cm³/mol. The smallest absolute Gasteiger partial charge is 0.265 e. The van der Waals surface area contributed by atoms with Crippen molar-refractivity contribution in [2.75, 3.05) is 27.3 Å². The van der Waals surface area contributed by atoms with Crippen LogP contribution in [-0.4, -0.2) is 43.1 Å². The number of hydrogen-bond acceptors (Lipinski definition) is 4. The number of amides is 1. The second-order valence-corrected chi connectivity index (χ2v) is 5.26. The largest absolute Gasteiger partial charge is 0.383 e. The first kappa shape index (κ1) is 14.6. The van der Waals surface area contributed by atoms with Gasteiger partial charge < -0.3 is 9.64 Å². The minimum atomic E-state index is -0.339. The Morgan fingerprint density at radius 1 is 1.45 bits per heavy atom. The number of carbonyl (C=O) groups excluding carboxylic acids is 1. The van der Waals surface area contributed by atoms with Crippen LogP contribution < -0.4 is 0 Å². The van der Waals surface area contributed by atoms with Crippen molar-refractivity contribution in [3.05, 3.63) is 41.2 Å². The molecule has 0 aliphatic heterocycles. The molecule has 20 heavy (non-hydrogen) atoms. The minimum Gasteiger partial charge on any atom is -0.383 e. The van der Waals surface area contributed by atoms with Gasteiger partial charge in [-0.15, -0.1) is 11.3 Å². The molecule has 0 unspecified atom stereocenters. The van der Waals surface area contributed by atoms with Crippen LogP contribution in [0.3, 0.4) is 0 Å². The lowest BCUT2D eigenvalue weighted by molar-refractivity contribution is 0.0748. The molecule has 0 fully saturated rings. The van der Waals surface area contributed by atoms with Crippen molar-refractivity contribution in [2.45, 2.75) is 0 Å². The molecule has 6 heteroatoms. The molecule has 2 aromatic rings. The molecule has 4 nitrogen and oxygen atoms in total. The number of rotatable bonds is 5. The fraction of sp³-hybridized carbons (Fsp3) is 0.286. The van der Waals surface area contributed by atoms with Crippen LogP contribution >= 0.6 is 11.3 Å². The molecule has 2 rings (SSSR count). The van der Waals surface area contributed by atoms with Gasteiger partial charge in [-0.05, 0) is 12.1 Å². The van der Waals surface area contributed by atoms with E-state index in [9.17, 15) is 9.18 Å². The number of thiazole rings is 1. The van der Waals surface area contributed by atoms with Gasteiger partial charge in [-0.2, -0.15) is 0 Å². The molecule has 106 valence electrons. The minimum absolute atomic E-state index is 0.137. The number of methoxy groups -OCH3 is 1. The fourth-order valence-corrected chi connectivity index (χ4v) is 2.59. The van der Waals surface area contributed by atoms with Gasteiger partial charge >= 0.3 is 0 Å². The van der Waals surface area contributed by atoms with Gasteiger partial charge in [0.05, 0.1) is 12.8 Å². The Morgan fingerprint density at radius 2 is 2.20 bits per heavy atom. The van der Waals surface area contributed by atoms with Gasteiger partial charge in [0.1, 0.15) is 15.7 Å². The van der Waals surface area contributed by atoms with E-state index in [-0.39, 0.29) is 11.7 Å². The molecule has 1 aromatic heterocycles. The van der Waals surface area contributed by atoms with Gasteiger partial charge in [-0.1, -0.05) is 12.1 Å². The molecule has 0 aliphatic rings. The van der Waals surface area contributed by atoms with Crippen LogP contribution in [0, 0.1) is 5.82 Å². The Morgan fingerprint density at radius 3 is 2.90 bits per heavy atom. The Kier molecular flexibility index (Phi) is 4.81. The summed E-state index contributed by atoms with van der Waals surface area (Å²) in [7, 11) is 3.28. The summed E-state index contributed by atoms with van der Waals surface area (Å²) in [5, 5.41) is 0.506. The second kappa shape index (κ2) is 6.58. The van der Waals surface area contributed by atoms with E-state index in [1.54, 1.807) is 37.3 Å². The molecule has 0 atom stereocenters. The Bertz CT molecular complexity index is 600. The zero-order valence-electron chi connectivity index (χ0n) is 11.3. The van der Waals surface area contributed by atoms with Crippen LogP contribution in [0.15, 0.2) is 30.5 Å². The van der Waals surface area contributed by atoms with Crippen molar-refractivity contribution in [3.63, 3.8) is 0 Å². The third kappa shape index (κ3) is 3.20. The second-order valence-electron chi connectivity index (χ2n) is 4.23. The first-order valence-electron chi connectivity index (χ1n) is 6.08. The third-order valence-electron chi connectivity index (χ3n) is 2.80. The number of halogens is 1. The van der Waals surface area contributed by atoms with Crippen LogP contribution in [0.25, 0.3) is 10.6 Å². The molecule has 0 bridgehead atoms. The summed E-state index contributed by atoms with van der Waals surface area (Å²) in [5.41, 5.74) is 0.413. The van der Waals surface area contributed by atoms with E-state index in [0.29, 0.717) is 28.6 Å². The van der Waals surface area contributed by atoms with Crippen molar-refractivity contribution in [1.29, 1.82) is 0 Å². The number of ether oxygens (including phenoxy) is 1. The first-order chi connectivity index (χ1) is 9.63. The van der Waals surface area contributed by atoms with Crippen LogP contribution in [0.1, 0.15) is 9.67 Å². The molecular weight excluding hydrogens is 279 g/mol. The summed E-state index contributed by atoms with van der Waals surface area (Å²) < 4.78 is 18.6. The summed E-state index contributed by atoms with van der Waals surface area (Å²) in [6.45, 7) is 0.976. The van der Waals surface area contributed by atoms with Gasteiger partial charge in [-0.25, -0.2) is 9.37 Å². The van der Waals surface area contributed by atoms with E-state index in [1.165, 1.54) is 23.6 Å². The molecule has 1 heterocycles. The molecule has 0 spiro atoms. The lowest BCUT2D eigenvalue weighted by atomic mass is 10.2. The lowest BCUT2D eigenvalue weighted by Gasteiger charge is -2.14. The molecule has 0 saturated carbocycles. The predicted octanol–water partition coefficient (Wildman–Crippen LogP) is 2.67. The summed E-state index contributed by atoms with van der Waals surface area (Å²) in [5.74, 6) is -0.476. The van der Waals surface area contributed by atoms with E-state index < -0.39 is 0 Å². The highest BCUT2D eigenvalue weighted by Crippen LogP contribution is 2.27. The topological polar surface area (TPSA) is 42.4 Å². The van der Waals surface area contributed by atoms with Gasteiger partial charge in [0.2, 0.25) is 0 Å². The first-order valence-corrected chi connectivity index (χ1v) is 6.90. The number of benzene rings is 1. The fourth-order valence-electron chi connectivity index (χ4n) is 1.65. The highest BCUT2D eigenvalue weighted by Gasteiger charge is 2.16. The SMILES string of the molecule is COCCN(C)C(=O)c1cnc(-c2ccccc2F)s1. The van der Waals surface area contributed by atoms with E-state index in [0.717, 1.165) is 0 Å². The van der Waals surface area contributed by atoms with Gasteiger partial charge in [-0.3, -0.25) is 4.79 Å². The van der Waals surface area contributed by atoms with Crippen LogP contribution in [0.4, 0.5) is 4.39 Å². The van der Waals surface area contributed by atoms with Crippen LogP contribution in [-0.2, 0) is 4.74 Å². The maximum absolute atomic E-state index is 13.7. The summed E-state index contributed by atoms with van der Waals surface area (Å²) >= 11 is 1.19. The summed E-state index contributed by atoms with van der Waals surface area (Å²) in [4.78, 5) is 18.3. The summed E-state index contributed by atoms with van der Waals surface area (Å²) in [6.07, 6.45) is 1.48. The molecule has 0 N–H and O–H groups in total. The number of carbonyl (C=O) groups is 1. The Hall–Kier alpha value is -1.79. The zero-order chi connectivity index (χ0) is 14.5. The molecule has 0 saturated heterocycles. The number of nitrogens with zero attached hydrogens (tertiary/aromatic N) is 2. The van der Waals surface area contributed by atoms with E-state index in [2.05, 4.69) is 4.98 Å². The van der Waals surface area contributed by atoms with E-state index >= 15 is 0 Å². The van der Waals surface area contributed by atoms with Crippen molar-refractivity contribution >= 4 is 17.2 Å². The monoisotopic (exact) mass is 294 g/mol. The van der Waals surface area contributed by atoms with Gasteiger partial charge in [0.25, 0.3) is 5.91 Å². The average Bonchev–Trinajstić information content (AvgIpc) is 2.94. The van der Waals surface area contributed by atoms with E-state index in [1.807, 2.05) is 0 Å². The highest BCUT2D eigenvalue weighted by atomic mass is 32.1. The molecular formula is C14H15FN2O2S. The van der Waals surface area contributed by atoms with Crippen molar-refractivity contribution in [2.24, 2.45) is 0 Å². The normalized spacial score (nSPS) is 10.6. The van der Waals surface area contributed by atoms with Crippen molar-refractivity contribution < 1.29 is 13.9 Å². The maximum atomic E-state index is 13.7. The standard InChI is InChI=1S/C14H15FN2O2S/c1-17(7-8-19-2)14(18)12-9-16-13(20-12)10-5-3-4-6-11(10)15/h3-6,9H,7-8H2,1-2H3. The van der Waals surface area contributed by atoms with Crippen LogP contribution in [0.2, 0.25) is 0 Å². The molecule has 0 radical (unpaired) electrons. The number of aromatic nitrogens is 1. The quantitative estimate of drug-likeness (QED) is 0.851. The third-order valence-corrected chi connectivity index (χ3v) is 3.82. The van der Waals surface area contributed by atoms with E-state index in [4.69, 9.17) is 4.74 Å². The molecule has 1 amide bonds. The van der Waals surface area contributed by atoms with Gasteiger partial charge in [0, 0.05) is 26.3 Å². The van der Waals surface area contributed by atoms with Gasteiger partial charge in [0.15, 0.2) is 0 Å². The Balaban J connectivity index is 2.17. The van der Waals surface area contributed by atoms with Crippen LogP contribution in [0.5, 0.6) is 0 Å². The number of hydrogen-bond donors (Lipinski definition) is 0. The average molecular weight is 294 g/mol. The maximum Gasteiger partial charge on any atom is 0.265 e. The summed E-state index contributed by atoms with van der Waals surface area (Å²) in [6, 6.07) is 6.39. The van der Waals surface area contributed by atoms with Crippen molar-refractivity contribution in [1.82, 2.24) is 9.88 Å².